The number of carbonyl (C=O) groups is 2. The SMILES string of the molecule is CCNS(=O)(=O)c1ccc(C)c(C(=O)N2CCN(CC(=O)N3CCCCC3)CC2)c1. The molecule has 2 amide bonds. The van der Waals surface area contributed by atoms with Gasteiger partial charge in [-0.2, -0.15) is 0 Å². The molecule has 0 unspecified atom stereocenters. The highest BCUT2D eigenvalue weighted by molar-refractivity contribution is 7.89. The van der Waals surface area contributed by atoms with Gasteiger partial charge >= 0.3 is 0 Å². The van der Waals surface area contributed by atoms with E-state index in [9.17, 15) is 18.0 Å². The minimum atomic E-state index is -3.62. The van der Waals surface area contributed by atoms with E-state index < -0.39 is 10.0 Å². The minimum absolute atomic E-state index is 0.101. The van der Waals surface area contributed by atoms with Gasteiger partial charge in [0, 0.05) is 51.4 Å². The number of nitrogens with zero attached hydrogens (tertiary/aromatic N) is 3. The molecule has 0 spiro atoms. The van der Waals surface area contributed by atoms with Crippen molar-refractivity contribution in [1.29, 1.82) is 0 Å². The van der Waals surface area contributed by atoms with Crippen molar-refractivity contribution in [3.63, 3.8) is 0 Å². The smallest absolute Gasteiger partial charge is 0.254 e. The zero-order valence-electron chi connectivity index (χ0n) is 17.9. The molecule has 1 N–H and O–H groups in total. The van der Waals surface area contributed by atoms with E-state index >= 15 is 0 Å². The number of amides is 2. The first kappa shape index (κ1) is 22.7. The average Bonchev–Trinajstić information content (AvgIpc) is 2.74. The predicted octanol–water partition coefficient (Wildman–Crippen LogP) is 1.06. The fourth-order valence-electron chi connectivity index (χ4n) is 3.99. The first-order valence-electron chi connectivity index (χ1n) is 10.7. The second-order valence-electron chi connectivity index (χ2n) is 7.99. The Balaban J connectivity index is 1.60. The first-order valence-corrected chi connectivity index (χ1v) is 12.2. The standard InChI is InChI=1S/C21H32N4O4S/c1-3-22-30(28,29)18-8-7-17(2)19(15-18)21(27)25-13-11-23(12-14-25)16-20(26)24-9-5-4-6-10-24/h7-8,15,22H,3-6,9-14,16H2,1-2H3. The first-order chi connectivity index (χ1) is 14.3. The summed E-state index contributed by atoms with van der Waals surface area (Å²) >= 11 is 0. The van der Waals surface area contributed by atoms with Crippen molar-refractivity contribution in [1.82, 2.24) is 19.4 Å². The maximum atomic E-state index is 13.1. The number of nitrogens with one attached hydrogen (secondary N) is 1. The lowest BCUT2D eigenvalue weighted by molar-refractivity contribution is -0.133. The predicted molar refractivity (Wildman–Crippen MR) is 115 cm³/mol. The van der Waals surface area contributed by atoms with E-state index in [2.05, 4.69) is 9.62 Å². The summed E-state index contributed by atoms with van der Waals surface area (Å²) in [5.74, 6) is 0.00899. The van der Waals surface area contributed by atoms with E-state index in [1.807, 2.05) is 11.8 Å². The van der Waals surface area contributed by atoms with Crippen LogP contribution in [0.25, 0.3) is 0 Å². The normalized spacial score (nSPS) is 18.5. The van der Waals surface area contributed by atoms with Crippen LogP contribution in [0.15, 0.2) is 23.1 Å². The van der Waals surface area contributed by atoms with E-state index in [4.69, 9.17) is 0 Å². The van der Waals surface area contributed by atoms with Crippen LogP contribution in [0.3, 0.4) is 0 Å². The van der Waals surface area contributed by atoms with Crippen LogP contribution in [0.1, 0.15) is 42.1 Å². The summed E-state index contributed by atoms with van der Waals surface area (Å²) in [4.78, 5) is 31.4. The van der Waals surface area contributed by atoms with Crippen molar-refractivity contribution in [3.8, 4) is 0 Å². The molecule has 0 radical (unpaired) electrons. The van der Waals surface area contributed by atoms with Crippen LogP contribution in [-0.2, 0) is 14.8 Å². The lowest BCUT2D eigenvalue weighted by Crippen LogP contribution is -2.52. The molecular weight excluding hydrogens is 404 g/mol. The van der Waals surface area contributed by atoms with Crippen molar-refractivity contribution in [2.75, 3.05) is 52.4 Å². The third kappa shape index (κ3) is 5.39. The fraction of sp³-hybridized carbons (Fsp3) is 0.619. The molecule has 2 fully saturated rings. The van der Waals surface area contributed by atoms with Gasteiger partial charge in [0.1, 0.15) is 0 Å². The molecule has 9 heteroatoms. The van der Waals surface area contributed by atoms with Gasteiger partial charge in [-0.1, -0.05) is 13.0 Å². The quantitative estimate of drug-likeness (QED) is 0.720. The summed E-state index contributed by atoms with van der Waals surface area (Å²) in [5.41, 5.74) is 1.16. The van der Waals surface area contributed by atoms with Gasteiger partial charge < -0.3 is 9.80 Å². The third-order valence-corrected chi connectivity index (χ3v) is 7.35. The van der Waals surface area contributed by atoms with Gasteiger partial charge in [-0.15, -0.1) is 0 Å². The summed E-state index contributed by atoms with van der Waals surface area (Å²) in [5, 5.41) is 0. The van der Waals surface area contributed by atoms with Crippen LogP contribution in [0.2, 0.25) is 0 Å². The van der Waals surface area contributed by atoms with Gasteiger partial charge in [0.25, 0.3) is 5.91 Å². The molecule has 2 saturated heterocycles. The topological polar surface area (TPSA) is 90.0 Å². The highest BCUT2D eigenvalue weighted by Gasteiger charge is 2.27. The van der Waals surface area contributed by atoms with Gasteiger partial charge in [0.05, 0.1) is 11.4 Å². The van der Waals surface area contributed by atoms with Gasteiger partial charge in [-0.3, -0.25) is 14.5 Å². The second-order valence-corrected chi connectivity index (χ2v) is 9.75. The van der Waals surface area contributed by atoms with Gasteiger partial charge in [-0.05, 0) is 43.9 Å². The lowest BCUT2D eigenvalue weighted by atomic mass is 10.1. The molecule has 2 heterocycles. The number of aryl methyl sites for hydroxylation is 1. The van der Waals surface area contributed by atoms with Crippen molar-refractivity contribution in [3.05, 3.63) is 29.3 Å². The molecule has 1 aromatic carbocycles. The number of hydrogen-bond donors (Lipinski definition) is 1. The summed E-state index contributed by atoms with van der Waals surface area (Å²) in [6, 6.07) is 4.65. The number of carbonyl (C=O) groups excluding carboxylic acids is 2. The number of piperazine rings is 1. The fourth-order valence-corrected chi connectivity index (χ4v) is 5.05. The number of sulfonamides is 1. The zero-order chi connectivity index (χ0) is 21.7. The molecule has 0 bridgehead atoms. The number of benzene rings is 1. The highest BCUT2D eigenvalue weighted by Crippen LogP contribution is 2.19. The van der Waals surface area contributed by atoms with Crippen LogP contribution in [0.5, 0.6) is 0 Å². The highest BCUT2D eigenvalue weighted by atomic mass is 32.2. The Morgan fingerprint density at radius 3 is 2.27 bits per heavy atom. The maximum absolute atomic E-state index is 13.1. The zero-order valence-corrected chi connectivity index (χ0v) is 18.7. The molecule has 0 aliphatic carbocycles. The van der Waals surface area contributed by atoms with Gasteiger partial charge in [-0.25, -0.2) is 13.1 Å². The minimum Gasteiger partial charge on any atom is -0.342 e. The number of rotatable bonds is 6. The Hall–Kier alpha value is -1.97. The van der Waals surface area contributed by atoms with Crippen LogP contribution in [0, 0.1) is 6.92 Å². The van der Waals surface area contributed by atoms with E-state index in [1.165, 1.54) is 18.6 Å². The summed E-state index contributed by atoms with van der Waals surface area (Å²) in [6.45, 7) is 8.24. The molecule has 1 aromatic rings. The van der Waals surface area contributed by atoms with Gasteiger partial charge in [0.15, 0.2) is 0 Å². The Morgan fingerprint density at radius 2 is 1.63 bits per heavy atom. The molecule has 3 rings (SSSR count). The molecule has 166 valence electrons. The Kier molecular flexibility index (Phi) is 7.49. The van der Waals surface area contributed by atoms with Crippen LogP contribution < -0.4 is 4.72 Å². The number of hydrogen-bond acceptors (Lipinski definition) is 5. The molecule has 2 aliphatic heterocycles. The Labute approximate surface area is 179 Å². The van der Waals surface area contributed by atoms with Crippen molar-refractivity contribution in [2.45, 2.75) is 38.0 Å². The maximum Gasteiger partial charge on any atom is 0.254 e. The third-order valence-electron chi connectivity index (χ3n) is 5.81. The summed E-state index contributed by atoms with van der Waals surface area (Å²) < 4.78 is 27.0. The average molecular weight is 437 g/mol. The van der Waals surface area contributed by atoms with Crippen molar-refractivity contribution in [2.24, 2.45) is 0 Å². The molecular formula is C21H32N4O4S. The number of piperidine rings is 1. The van der Waals surface area contributed by atoms with Crippen molar-refractivity contribution < 1.29 is 18.0 Å². The largest absolute Gasteiger partial charge is 0.342 e. The van der Waals surface area contributed by atoms with E-state index in [0.29, 0.717) is 38.3 Å². The monoisotopic (exact) mass is 436 g/mol. The number of likely N-dealkylation sites (tertiary alicyclic amines) is 1. The molecule has 0 aromatic heterocycles. The van der Waals surface area contributed by atoms with E-state index in [0.717, 1.165) is 31.5 Å². The summed E-state index contributed by atoms with van der Waals surface area (Å²) in [6.07, 6.45) is 3.35. The Morgan fingerprint density at radius 1 is 0.967 bits per heavy atom. The van der Waals surface area contributed by atoms with E-state index in [-0.39, 0.29) is 23.3 Å². The van der Waals surface area contributed by atoms with Gasteiger partial charge in [0.2, 0.25) is 15.9 Å². The molecule has 0 atom stereocenters. The Bertz CT molecular complexity index is 873. The van der Waals surface area contributed by atoms with Crippen LogP contribution in [0.4, 0.5) is 0 Å². The van der Waals surface area contributed by atoms with Crippen molar-refractivity contribution >= 4 is 21.8 Å². The molecule has 8 nitrogen and oxygen atoms in total. The van der Waals surface area contributed by atoms with E-state index in [1.54, 1.807) is 17.9 Å². The van der Waals surface area contributed by atoms with Crippen LogP contribution >= 0.6 is 0 Å². The lowest BCUT2D eigenvalue weighted by Gasteiger charge is -2.36. The molecule has 0 saturated carbocycles. The molecule has 30 heavy (non-hydrogen) atoms. The molecule has 2 aliphatic rings. The second kappa shape index (κ2) is 9.89. The summed E-state index contributed by atoms with van der Waals surface area (Å²) in [7, 11) is -3.62. The van der Waals surface area contributed by atoms with Crippen LogP contribution in [-0.4, -0.2) is 87.3 Å².